The molecule has 5 rings (SSSR count). The molecule has 2 N–H and O–H groups in total. The number of anilines is 1. The Kier molecular flexibility index (Phi) is 5.01. The van der Waals surface area contributed by atoms with Gasteiger partial charge in [0.2, 0.25) is 5.91 Å². The lowest BCUT2D eigenvalue weighted by molar-refractivity contribution is -0.116. The Bertz CT molecular complexity index is 1360. The molecule has 1 aliphatic heterocycles. The first-order chi connectivity index (χ1) is 15.9. The van der Waals surface area contributed by atoms with Crippen LogP contribution in [-0.2, 0) is 4.79 Å². The van der Waals surface area contributed by atoms with Crippen molar-refractivity contribution in [2.24, 2.45) is 0 Å². The van der Waals surface area contributed by atoms with E-state index in [0.717, 1.165) is 27.9 Å². The first kappa shape index (κ1) is 20.6. The van der Waals surface area contributed by atoms with Crippen LogP contribution in [0.25, 0.3) is 17.2 Å². The molecule has 2 aromatic heterocycles. The maximum Gasteiger partial charge on any atom is 0.272 e. The number of carbonyl (C=O) groups is 1. The van der Waals surface area contributed by atoms with Crippen LogP contribution in [0, 0.1) is 13.8 Å². The van der Waals surface area contributed by atoms with Gasteiger partial charge in [-0.15, -0.1) is 5.10 Å². The Morgan fingerprint density at radius 2 is 1.94 bits per heavy atom. The molecule has 0 bridgehead atoms. The van der Waals surface area contributed by atoms with Crippen molar-refractivity contribution in [2.75, 3.05) is 12.4 Å². The van der Waals surface area contributed by atoms with Crippen LogP contribution < -0.4 is 10.1 Å². The fourth-order valence-electron chi connectivity index (χ4n) is 4.13. The van der Waals surface area contributed by atoms with Gasteiger partial charge in [0.15, 0.2) is 11.5 Å². The Morgan fingerprint density at radius 3 is 2.70 bits per heavy atom. The van der Waals surface area contributed by atoms with Gasteiger partial charge in [-0.05, 0) is 31.5 Å². The number of nitrogens with zero attached hydrogens (tertiary/aromatic N) is 5. The topological polar surface area (TPSA) is 115 Å². The predicted molar refractivity (Wildman–Crippen MR) is 122 cm³/mol. The number of phenolic OH excluding ortho intramolecular Hbond substituents is 1. The molecule has 0 unspecified atom stereocenters. The maximum atomic E-state index is 12.7. The van der Waals surface area contributed by atoms with Gasteiger partial charge >= 0.3 is 0 Å². The largest absolute Gasteiger partial charge is 0.504 e. The molecule has 0 saturated heterocycles. The molecule has 33 heavy (non-hydrogen) atoms. The summed E-state index contributed by atoms with van der Waals surface area (Å²) in [6, 6.07) is 13.1. The zero-order valence-corrected chi connectivity index (χ0v) is 18.4. The minimum absolute atomic E-state index is 0.0431. The number of amides is 1. The third-order valence-electron chi connectivity index (χ3n) is 5.79. The van der Waals surface area contributed by atoms with Crippen LogP contribution in [0.1, 0.15) is 34.7 Å². The van der Waals surface area contributed by atoms with Crippen LogP contribution in [0.3, 0.4) is 0 Å². The fourth-order valence-corrected chi connectivity index (χ4v) is 4.13. The van der Waals surface area contributed by atoms with E-state index in [9.17, 15) is 9.90 Å². The number of aromatic hydroxyl groups is 1. The molecule has 2 aromatic carbocycles. The standard InChI is InChI=1S/C24H22N6O3/c1-13-4-6-15(7-5-13)18-12-25-28-24(26-18)30-23-22(14(2)29-30)17(11-21(32)27-23)16-8-9-19(31)20(10-16)33-3/h4-10,12,17,31H,11H2,1-3H3,(H,27,32)/t17-/m0/s1. The summed E-state index contributed by atoms with van der Waals surface area (Å²) in [6.07, 6.45) is 1.84. The quantitative estimate of drug-likeness (QED) is 0.497. The molecular formula is C24H22N6O3. The first-order valence-corrected chi connectivity index (χ1v) is 10.5. The second-order valence-corrected chi connectivity index (χ2v) is 8.00. The molecule has 4 aromatic rings. The number of benzene rings is 2. The average Bonchev–Trinajstić information content (AvgIpc) is 3.15. The van der Waals surface area contributed by atoms with Crippen LogP contribution in [0.2, 0.25) is 0 Å². The molecule has 0 radical (unpaired) electrons. The second kappa shape index (κ2) is 8.01. The van der Waals surface area contributed by atoms with E-state index in [0.29, 0.717) is 17.3 Å². The lowest BCUT2D eigenvalue weighted by atomic mass is 9.85. The van der Waals surface area contributed by atoms with E-state index in [2.05, 4.69) is 25.6 Å². The number of methoxy groups -OCH3 is 1. The van der Waals surface area contributed by atoms with E-state index in [4.69, 9.17) is 4.74 Å². The van der Waals surface area contributed by atoms with Crippen LogP contribution in [0.15, 0.2) is 48.7 Å². The Labute approximate surface area is 190 Å². The summed E-state index contributed by atoms with van der Waals surface area (Å²) in [5, 5.41) is 25.8. The molecule has 166 valence electrons. The van der Waals surface area contributed by atoms with Gasteiger partial charge in [-0.3, -0.25) is 4.79 Å². The SMILES string of the molecule is COc1cc([C@@H]2CC(=O)Nc3c2c(C)nn3-c2nncc(-c3ccc(C)cc3)n2)ccc1O. The predicted octanol–water partition coefficient (Wildman–Crippen LogP) is 3.53. The van der Waals surface area contributed by atoms with E-state index < -0.39 is 0 Å². The van der Waals surface area contributed by atoms with Crippen LogP contribution in [-0.4, -0.2) is 43.1 Å². The van der Waals surface area contributed by atoms with Gasteiger partial charge in [0, 0.05) is 23.5 Å². The van der Waals surface area contributed by atoms with Gasteiger partial charge in [-0.25, -0.2) is 4.98 Å². The zero-order chi connectivity index (χ0) is 23.1. The monoisotopic (exact) mass is 442 g/mol. The number of rotatable bonds is 4. The lowest BCUT2D eigenvalue weighted by Crippen LogP contribution is -2.25. The van der Waals surface area contributed by atoms with Gasteiger partial charge in [0.25, 0.3) is 5.95 Å². The van der Waals surface area contributed by atoms with E-state index in [1.54, 1.807) is 24.4 Å². The third kappa shape index (κ3) is 3.67. The minimum atomic E-state index is -0.259. The summed E-state index contributed by atoms with van der Waals surface area (Å²) in [5.41, 5.74) is 5.17. The summed E-state index contributed by atoms with van der Waals surface area (Å²) in [4.78, 5) is 17.3. The highest BCUT2D eigenvalue weighted by Crippen LogP contribution is 2.42. The summed E-state index contributed by atoms with van der Waals surface area (Å²) >= 11 is 0. The molecule has 9 nitrogen and oxygen atoms in total. The number of carbonyl (C=O) groups excluding carboxylic acids is 1. The summed E-state index contributed by atoms with van der Waals surface area (Å²) in [7, 11) is 1.49. The van der Waals surface area contributed by atoms with Crippen molar-refractivity contribution in [2.45, 2.75) is 26.2 Å². The van der Waals surface area contributed by atoms with Crippen molar-refractivity contribution >= 4 is 11.7 Å². The molecule has 0 spiro atoms. The van der Waals surface area contributed by atoms with Crippen molar-refractivity contribution in [3.63, 3.8) is 0 Å². The summed E-state index contributed by atoms with van der Waals surface area (Å²) in [5.74, 6) is 0.767. The number of phenols is 1. The van der Waals surface area contributed by atoms with E-state index in [1.165, 1.54) is 11.8 Å². The highest BCUT2D eigenvalue weighted by atomic mass is 16.5. The van der Waals surface area contributed by atoms with E-state index in [-0.39, 0.29) is 29.9 Å². The maximum absolute atomic E-state index is 12.7. The Balaban J connectivity index is 1.60. The summed E-state index contributed by atoms with van der Waals surface area (Å²) in [6.45, 7) is 3.91. The van der Waals surface area contributed by atoms with Gasteiger partial charge in [0.05, 0.1) is 24.7 Å². The van der Waals surface area contributed by atoms with Crippen LogP contribution >= 0.6 is 0 Å². The minimum Gasteiger partial charge on any atom is -0.504 e. The van der Waals surface area contributed by atoms with E-state index >= 15 is 0 Å². The smallest absolute Gasteiger partial charge is 0.272 e. The van der Waals surface area contributed by atoms with Crippen molar-refractivity contribution in [3.8, 4) is 28.7 Å². The molecule has 3 heterocycles. The van der Waals surface area contributed by atoms with Crippen LogP contribution in [0.4, 0.5) is 5.82 Å². The van der Waals surface area contributed by atoms with Crippen molar-refractivity contribution in [1.82, 2.24) is 25.0 Å². The zero-order valence-electron chi connectivity index (χ0n) is 18.4. The first-order valence-electron chi connectivity index (χ1n) is 10.5. The van der Waals surface area contributed by atoms with Gasteiger partial charge in [0.1, 0.15) is 5.82 Å². The fraction of sp³-hybridized carbons (Fsp3) is 0.208. The van der Waals surface area contributed by atoms with Crippen molar-refractivity contribution < 1.29 is 14.6 Å². The number of aromatic nitrogens is 5. The molecular weight excluding hydrogens is 420 g/mol. The third-order valence-corrected chi connectivity index (χ3v) is 5.79. The molecule has 1 aliphatic rings. The van der Waals surface area contributed by atoms with Crippen molar-refractivity contribution in [1.29, 1.82) is 0 Å². The second-order valence-electron chi connectivity index (χ2n) is 8.00. The molecule has 0 fully saturated rings. The number of aryl methyl sites for hydroxylation is 2. The highest BCUT2D eigenvalue weighted by Gasteiger charge is 2.33. The number of nitrogens with one attached hydrogen (secondary N) is 1. The summed E-state index contributed by atoms with van der Waals surface area (Å²) < 4.78 is 6.78. The van der Waals surface area contributed by atoms with Crippen molar-refractivity contribution in [3.05, 3.63) is 71.0 Å². The normalized spacial score (nSPS) is 15.1. The van der Waals surface area contributed by atoms with Gasteiger partial charge in [-0.1, -0.05) is 35.9 Å². The molecule has 0 aliphatic carbocycles. The molecule has 0 saturated carbocycles. The molecule has 1 amide bonds. The number of hydrogen-bond acceptors (Lipinski definition) is 7. The van der Waals surface area contributed by atoms with Gasteiger partial charge < -0.3 is 15.2 Å². The number of ether oxygens (including phenoxy) is 1. The average molecular weight is 442 g/mol. The highest BCUT2D eigenvalue weighted by molar-refractivity contribution is 5.95. The number of hydrogen-bond donors (Lipinski definition) is 2. The Hall–Kier alpha value is -4.27. The molecule has 9 heteroatoms. The Morgan fingerprint density at radius 1 is 1.15 bits per heavy atom. The van der Waals surface area contributed by atoms with Crippen LogP contribution in [0.5, 0.6) is 11.5 Å². The van der Waals surface area contributed by atoms with E-state index in [1.807, 2.05) is 38.1 Å². The van der Waals surface area contributed by atoms with Gasteiger partial charge in [-0.2, -0.15) is 14.9 Å². The molecule has 1 atom stereocenters. The lowest BCUT2D eigenvalue weighted by Gasteiger charge is -2.24. The number of fused-ring (bicyclic) bond motifs is 1.